The molecule has 0 N–H and O–H groups in total. The van der Waals surface area contributed by atoms with Crippen LogP contribution in [0.3, 0.4) is 0 Å². The molecule has 76 valence electrons. The Balaban J connectivity index is 2.49. The van der Waals surface area contributed by atoms with Crippen LogP contribution in [0.15, 0.2) is 12.1 Å². The molecule has 1 aromatic rings. The molecule has 0 heterocycles. The van der Waals surface area contributed by atoms with Crippen molar-refractivity contribution < 1.29 is 0 Å². The molecule has 0 bridgehead atoms. The quantitative estimate of drug-likeness (QED) is 0.654. The van der Waals surface area contributed by atoms with Crippen LogP contribution in [0.5, 0.6) is 0 Å². The Hall–Kier alpha value is -0.490. The summed E-state index contributed by atoms with van der Waals surface area (Å²) < 4.78 is 0. The van der Waals surface area contributed by atoms with Crippen LogP contribution in [-0.4, -0.2) is 0 Å². The highest BCUT2D eigenvalue weighted by Gasteiger charge is 2.26. The molecular weight excluding hydrogens is 192 g/mol. The summed E-state index contributed by atoms with van der Waals surface area (Å²) in [6, 6.07) is 4.61. The molecule has 0 amide bonds. The molecule has 0 unspecified atom stereocenters. The van der Waals surface area contributed by atoms with Gasteiger partial charge in [-0.1, -0.05) is 24.6 Å². The van der Waals surface area contributed by atoms with Crippen LogP contribution in [0, 0.1) is 6.92 Å². The summed E-state index contributed by atoms with van der Waals surface area (Å²) in [5.41, 5.74) is 5.76. The summed E-state index contributed by atoms with van der Waals surface area (Å²) in [7, 11) is 0. The van der Waals surface area contributed by atoms with Crippen LogP contribution >= 0.6 is 11.6 Å². The number of aryl methyl sites for hydroxylation is 2. The first kappa shape index (κ1) is 10.0. The fraction of sp³-hybridized carbons (Fsp3) is 0.538. The molecular formula is C13H17Cl. The van der Waals surface area contributed by atoms with Crippen LogP contribution in [0.4, 0.5) is 0 Å². The second kappa shape index (κ2) is 3.94. The maximum Gasteiger partial charge on any atom is 0.0479 e. The Morgan fingerprint density at radius 3 is 2.57 bits per heavy atom. The predicted octanol–water partition coefficient (Wildman–Crippen LogP) is 4.17. The van der Waals surface area contributed by atoms with Crippen molar-refractivity contribution in [3.63, 3.8) is 0 Å². The highest BCUT2D eigenvalue weighted by Crippen LogP contribution is 2.43. The molecule has 0 aromatic heterocycles. The number of hydrogen-bond acceptors (Lipinski definition) is 0. The van der Waals surface area contributed by atoms with Crippen LogP contribution in [0.1, 0.15) is 47.9 Å². The van der Waals surface area contributed by atoms with Gasteiger partial charge in [0.15, 0.2) is 0 Å². The van der Waals surface area contributed by atoms with E-state index < -0.39 is 0 Å². The SMILES string of the molecule is CCc1cc(C)cc(C2CC2)c1CCl. The lowest BCUT2D eigenvalue weighted by molar-refractivity contribution is 1.02. The number of halogens is 1. The number of hydrogen-bond donors (Lipinski definition) is 0. The molecule has 0 radical (unpaired) electrons. The third-order valence-electron chi connectivity index (χ3n) is 3.05. The highest BCUT2D eigenvalue weighted by atomic mass is 35.5. The van der Waals surface area contributed by atoms with E-state index in [1.165, 1.54) is 35.1 Å². The summed E-state index contributed by atoms with van der Waals surface area (Å²) in [5.74, 6) is 1.49. The molecule has 1 aliphatic carbocycles. The third-order valence-corrected chi connectivity index (χ3v) is 3.32. The Kier molecular flexibility index (Phi) is 2.83. The monoisotopic (exact) mass is 208 g/mol. The van der Waals surface area contributed by atoms with E-state index in [1.54, 1.807) is 0 Å². The average Bonchev–Trinajstić information content (AvgIpc) is 2.99. The van der Waals surface area contributed by atoms with Gasteiger partial charge in [0, 0.05) is 5.88 Å². The van der Waals surface area contributed by atoms with Crippen LogP contribution in [-0.2, 0) is 12.3 Å². The van der Waals surface area contributed by atoms with Gasteiger partial charge >= 0.3 is 0 Å². The zero-order valence-corrected chi connectivity index (χ0v) is 9.69. The fourth-order valence-electron chi connectivity index (χ4n) is 2.16. The molecule has 0 saturated heterocycles. The first-order chi connectivity index (χ1) is 6.76. The molecule has 14 heavy (non-hydrogen) atoms. The highest BCUT2D eigenvalue weighted by molar-refractivity contribution is 6.17. The van der Waals surface area contributed by atoms with E-state index in [9.17, 15) is 0 Å². The van der Waals surface area contributed by atoms with E-state index in [4.69, 9.17) is 11.6 Å². The van der Waals surface area contributed by atoms with Crippen molar-refractivity contribution in [2.24, 2.45) is 0 Å². The van der Waals surface area contributed by atoms with E-state index >= 15 is 0 Å². The van der Waals surface area contributed by atoms with Crippen LogP contribution < -0.4 is 0 Å². The molecule has 1 aliphatic rings. The van der Waals surface area contributed by atoms with E-state index in [0.717, 1.165) is 12.3 Å². The lowest BCUT2D eigenvalue weighted by atomic mass is 9.95. The minimum absolute atomic E-state index is 0.676. The van der Waals surface area contributed by atoms with Crippen molar-refractivity contribution in [2.45, 2.75) is 44.9 Å². The Morgan fingerprint density at radius 2 is 2.07 bits per heavy atom. The molecule has 0 aliphatic heterocycles. The van der Waals surface area contributed by atoms with Gasteiger partial charge in [-0.2, -0.15) is 0 Å². The summed E-state index contributed by atoms with van der Waals surface area (Å²) in [4.78, 5) is 0. The average molecular weight is 209 g/mol. The number of benzene rings is 1. The molecule has 1 saturated carbocycles. The van der Waals surface area contributed by atoms with Crippen molar-refractivity contribution in [3.05, 3.63) is 34.4 Å². The Labute approximate surface area is 91.3 Å². The van der Waals surface area contributed by atoms with Gasteiger partial charge in [-0.3, -0.25) is 0 Å². The second-order valence-electron chi connectivity index (χ2n) is 4.25. The molecule has 1 heteroatoms. The predicted molar refractivity (Wildman–Crippen MR) is 62.1 cm³/mol. The van der Waals surface area contributed by atoms with Crippen molar-refractivity contribution in [1.29, 1.82) is 0 Å². The molecule has 1 fully saturated rings. The molecule has 2 rings (SSSR count). The summed E-state index contributed by atoms with van der Waals surface area (Å²) in [6.07, 6.45) is 3.82. The standard InChI is InChI=1S/C13H17Cl/c1-3-10-6-9(2)7-12(11-4-5-11)13(10)8-14/h6-7,11H,3-5,8H2,1-2H3. The van der Waals surface area contributed by atoms with Crippen molar-refractivity contribution in [1.82, 2.24) is 0 Å². The zero-order valence-electron chi connectivity index (χ0n) is 8.94. The van der Waals surface area contributed by atoms with E-state index in [-0.39, 0.29) is 0 Å². The summed E-state index contributed by atoms with van der Waals surface area (Å²) in [5, 5.41) is 0. The summed E-state index contributed by atoms with van der Waals surface area (Å²) >= 11 is 6.04. The second-order valence-corrected chi connectivity index (χ2v) is 4.52. The van der Waals surface area contributed by atoms with Crippen LogP contribution in [0.2, 0.25) is 0 Å². The van der Waals surface area contributed by atoms with Gasteiger partial charge in [-0.25, -0.2) is 0 Å². The summed E-state index contributed by atoms with van der Waals surface area (Å²) in [6.45, 7) is 4.39. The first-order valence-corrected chi connectivity index (χ1v) is 5.98. The Morgan fingerprint density at radius 1 is 1.36 bits per heavy atom. The maximum absolute atomic E-state index is 6.04. The van der Waals surface area contributed by atoms with E-state index in [0.29, 0.717) is 5.88 Å². The fourth-order valence-corrected chi connectivity index (χ4v) is 2.48. The van der Waals surface area contributed by atoms with Gasteiger partial charge in [0.25, 0.3) is 0 Å². The van der Waals surface area contributed by atoms with Gasteiger partial charge in [-0.05, 0) is 48.8 Å². The largest absolute Gasteiger partial charge is 0.122 e. The number of rotatable bonds is 3. The molecule has 1 aromatic carbocycles. The van der Waals surface area contributed by atoms with Crippen LogP contribution in [0.25, 0.3) is 0 Å². The lowest BCUT2D eigenvalue weighted by Gasteiger charge is -2.12. The minimum Gasteiger partial charge on any atom is -0.122 e. The smallest absolute Gasteiger partial charge is 0.0479 e. The third kappa shape index (κ3) is 1.81. The van der Waals surface area contributed by atoms with Gasteiger partial charge < -0.3 is 0 Å². The van der Waals surface area contributed by atoms with Gasteiger partial charge in [0.2, 0.25) is 0 Å². The van der Waals surface area contributed by atoms with Gasteiger partial charge in [0.1, 0.15) is 0 Å². The molecule has 0 nitrogen and oxygen atoms in total. The normalized spacial score (nSPS) is 15.9. The minimum atomic E-state index is 0.676. The number of alkyl halides is 1. The maximum atomic E-state index is 6.04. The van der Waals surface area contributed by atoms with Gasteiger partial charge in [0.05, 0.1) is 0 Å². The zero-order chi connectivity index (χ0) is 10.1. The van der Waals surface area contributed by atoms with Crippen molar-refractivity contribution in [2.75, 3.05) is 0 Å². The molecule has 0 spiro atoms. The van der Waals surface area contributed by atoms with E-state index in [2.05, 4.69) is 26.0 Å². The van der Waals surface area contributed by atoms with Crippen molar-refractivity contribution in [3.8, 4) is 0 Å². The van der Waals surface area contributed by atoms with E-state index in [1.807, 2.05) is 0 Å². The van der Waals surface area contributed by atoms with Gasteiger partial charge in [-0.15, -0.1) is 11.6 Å². The Bertz CT molecular complexity index is 337. The topological polar surface area (TPSA) is 0 Å². The first-order valence-electron chi connectivity index (χ1n) is 5.44. The lowest BCUT2D eigenvalue weighted by Crippen LogP contribution is -1.97. The van der Waals surface area contributed by atoms with Crippen molar-refractivity contribution >= 4 is 11.6 Å². The molecule has 0 atom stereocenters.